The Hall–Kier alpha value is -2.60. The number of hydrogen-bond acceptors (Lipinski definition) is 3. The smallest absolute Gasteiger partial charge is 0.322 e. The summed E-state index contributed by atoms with van der Waals surface area (Å²) in [5, 5.41) is 2.62. The van der Waals surface area contributed by atoms with Crippen molar-refractivity contribution < 1.29 is 18.7 Å². The number of benzene rings is 2. The molecule has 134 valence electrons. The highest BCUT2D eigenvalue weighted by Gasteiger charge is 2.16. The van der Waals surface area contributed by atoms with Crippen LogP contribution in [0.4, 0.5) is 14.9 Å². The molecule has 0 aliphatic rings. The van der Waals surface area contributed by atoms with E-state index in [0.717, 1.165) is 16.9 Å². The molecule has 2 amide bonds. The monoisotopic (exact) mass is 346 g/mol. The summed E-state index contributed by atoms with van der Waals surface area (Å²) in [6.07, 6.45) is 0. The highest BCUT2D eigenvalue weighted by molar-refractivity contribution is 5.89. The number of anilines is 1. The summed E-state index contributed by atoms with van der Waals surface area (Å²) >= 11 is 0. The van der Waals surface area contributed by atoms with Crippen molar-refractivity contribution >= 4 is 11.7 Å². The molecule has 25 heavy (non-hydrogen) atoms. The summed E-state index contributed by atoms with van der Waals surface area (Å²) in [4.78, 5) is 14.1. The Balaban J connectivity index is 2.10. The molecule has 0 atom stereocenters. The van der Waals surface area contributed by atoms with Crippen LogP contribution in [0.2, 0.25) is 0 Å². The van der Waals surface area contributed by atoms with Gasteiger partial charge < -0.3 is 19.7 Å². The summed E-state index contributed by atoms with van der Waals surface area (Å²) in [5.41, 5.74) is 1.90. The first-order chi connectivity index (χ1) is 12.0. The van der Waals surface area contributed by atoms with Gasteiger partial charge in [0.15, 0.2) is 0 Å². The number of carbonyl (C=O) groups excluding carboxylic acids is 1. The van der Waals surface area contributed by atoms with E-state index in [0.29, 0.717) is 19.7 Å². The molecule has 0 aliphatic heterocycles. The highest BCUT2D eigenvalue weighted by atomic mass is 19.1. The molecular formula is C19H23FN2O3. The number of rotatable bonds is 7. The van der Waals surface area contributed by atoms with Crippen LogP contribution in [0.15, 0.2) is 42.5 Å². The van der Waals surface area contributed by atoms with E-state index in [1.807, 2.05) is 24.3 Å². The fourth-order valence-electron chi connectivity index (χ4n) is 2.32. The molecular weight excluding hydrogens is 323 g/mol. The van der Waals surface area contributed by atoms with Crippen molar-refractivity contribution in [3.05, 3.63) is 59.4 Å². The molecule has 0 saturated carbocycles. The van der Waals surface area contributed by atoms with Crippen LogP contribution in [0.25, 0.3) is 0 Å². The van der Waals surface area contributed by atoms with Gasteiger partial charge in [0.05, 0.1) is 19.4 Å². The quantitative estimate of drug-likeness (QED) is 0.829. The molecule has 0 radical (unpaired) electrons. The van der Waals surface area contributed by atoms with E-state index < -0.39 is 5.82 Å². The Labute approximate surface area is 147 Å². The first kappa shape index (κ1) is 18.7. The zero-order chi connectivity index (χ0) is 18.2. The number of nitrogens with one attached hydrogen (secondary N) is 1. The summed E-state index contributed by atoms with van der Waals surface area (Å²) < 4.78 is 24.2. The average Bonchev–Trinajstić information content (AvgIpc) is 2.61. The molecule has 6 heteroatoms. The third-order valence-corrected chi connectivity index (χ3v) is 3.75. The van der Waals surface area contributed by atoms with Gasteiger partial charge >= 0.3 is 6.03 Å². The third kappa shape index (κ3) is 5.46. The van der Waals surface area contributed by atoms with Crippen molar-refractivity contribution in [3.8, 4) is 5.75 Å². The van der Waals surface area contributed by atoms with Crippen LogP contribution in [-0.4, -0.2) is 38.3 Å². The standard InChI is InChI=1S/C19H23FN2O3/c1-14-4-9-18(17(20)12-14)21-19(23)22(10-11-24-2)13-15-5-7-16(25-3)8-6-15/h4-9,12H,10-11,13H2,1-3H3,(H,21,23). The molecule has 0 saturated heterocycles. The minimum Gasteiger partial charge on any atom is -0.497 e. The predicted octanol–water partition coefficient (Wildman–Crippen LogP) is 3.82. The molecule has 0 unspecified atom stereocenters. The number of amides is 2. The van der Waals surface area contributed by atoms with Crippen LogP contribution in [0, 0.1) is 12.7 Å². The molecule has 5 nitrogen and oxygen atoms in total. The Bertz CT molecular complexity index is 704. The molecule has 0 spiro atoms. The van der Waals surface area contributed by atoms with E-state index in [4.69, 9.17) is 9.47 Å². The molecule has 0 aliphatic carbocycles. The molecule has 0 heterocycles. The molecule has 0 bridgehead atoms. The zero-order valence-electron chi connectivity index (χ0n) is 14.7. The van der Waals surface area contributed by atoms with Crippen LogP contribution in [0.3, 0.4) is 0 Å². The van der Waals surface area contributed by atoms with Gasteiger partial charge in [0, 0.05) is 20.2 Å². The highest BCUT2D eigenvalue weighted by Crippen LogP contribution is 2.17. The summed E-state index contributed by atoms with van der Waals surface area (Å²) in [5.74, 6) is 0.294. The third-order valence-electron chi connectivity index (χ3n) is 3.75. The van der Waals surface area contributed by atoms with E-state index in [1.54, 1.807) is 38.2 Å². The maximum Gasteiger partial charge on any atom is 0.322 e. The molecule has 2 rings (SSSR count). The molecule has 2 aromatic rings. The van der Waals surface area contributed by atoms with Crippen LogP contribution < -0.4 is 10.1 Å². The van der Waals surface area contributed by atoms with E-state index in [-0.39, 0.29) is 11.7 Å². The van der Waals surface area contributed by atoms with Crippen molar-refractivity contribution in [1.29, 1.82) is 0 Å². The first-order valence-corrected chi connectivity index (χ1v) is 7.97. The lowest BCUT2D eigenvalue weighted by Gasteiger charge is -2.23. The van der Waals surface area contributed by atoms with Crippen molar-refractivity contribution in [2.45, 2.75) is 13.5 Å². The van der Waals surface area contributed by atoms with Gasteiger partial charge in [-0.05, 0) is 42.3 Å². The average molecular weight is 346 g/mol. The Morgan fingerprint density at radius 3 is 2.48 bits per heavy atom. The van der Waals surface area contributed by atoms with E-state index in [9.17, 15) is 9.18 Å². The minimum absolute atomic E-state index is 0.160. The largest absolute Gasteiger partial charge is 0.497 e. The van der Waals surface area contributed by atoms with E-state index in [2.05, 4.69) is 5.32 Å². The topological polar surface area (TPSA) is 50.8 Å². The number of ether oxygens (including phenoxy) is 2. The second-order valence-electron chi connectivity index (χ2n) is 5.68. The van der Waals surface area contributed by atoms with Gasteiger partial charge in [0.2, 0.25) is 0 Å². The predicted molar refractivity (Wildman–Crippen MR) is 95.4 cm³/mol. The number of halogens is 1. The SMILES string of the molecule is COCCN(Cc1ccc(OC)cc1)C(=O)Nc1ccc(C)cc1F. The van der Waals surface area contributed by atoms with Crippen LogP contribution >= 0.6 is 0 Å². The van der Waals surface area contributed by atoms with Gasteiger partial charge in [-0.2, -0.15) is 0 Å². The zero-order valence-corrected chi connectivity index (χ0v) is 14.7. The van der Waals surface area contributed by atoms with Gasteiger partial charge in [-0.3, -0.25) is 0 Å². The van der Waals surface area contributed by atoms with Crippen LogP contribution in [0.5, 0.6) is 5.75 Å². The van der Waals surface area contributed by atoms with Gasteiger partial charge in [-0.1, -0.05) is 18.2 Å². The lowest BCUT2D eigenvalue weighted by molar-refractivity contribution is 0.152. The first-order valence-electron chi connectivity index (χ1n) is 7.97. The lowest BCUT2D eigenvalue weighted by atomic mass is 10.2. The Morgan fingerprint density at radius 2 is 1.88 bits per heavy atom. The fourth-order valence-corrected chi connectivity index (χ4v) is 2.32. The lowest BCUT2D eigenvalue weighted by Crippen LogP contribution is -2.37. The van der Waals surface area contributed by atoms with Crippen molar-refractivity contribution in [2.75, 3.05) is 32.7 Å². The number of methoxy groups -OCH3 is 2. The summed E-state index contributed by atoms with van der Waals surface area (Å²) in [7, 11) is 3.17. The van der Waals surface area contributed by atoms with Crippen LogP contribution in [-0.2, 0) is 11.3 Å². The van der Waals surface area contributed by atoms with Gasteiger partial charge in [-0.25, -0.2) is 9.18 Å². The summed E-state index contributed by atoms with van der Waals surface area (Å²) in [6, 6.07) is 11.8. The number of aryl methyl sites for hydroxylation is 1. The molecule has 0 fully saturated rings. The van der Waals surface area contributed by atoms with Gasteiger partial charge in [0.1, 0.15) is 11.6 Å². The molecule has 1 N–H and O–H groups in total. The van der Waals surface area contributed by atoms with Crippen molar-refractivity contribution in [2.24, 2.45) is 0 Å². The van der Waals surface area contributed by atoms with E-state index >= 15 is 0 Å². The van der Waals surface area contributed by atoms with Crippen molar-refractivity contribution in [1.82, 2.24) is 4.90 Å². The second-order valence-corrected chi connectivity index (χ2v) is 5.68. The fraction of sp³-hybridized carbons (Fsp3) is 0.316. The summed E-state index contributed by atoms with van der Waals surface area (Å²) in [6.45, 7) is 2.96. The minimum atomic E-state index is -0.454. The number of carbonyl (C=O) groups is 1. The van der Waals surface area contributed by atoms with Gasteiger partial charge in [-0.15, -0.1) is 0 Å². The maximum atomic E-state index is 14.0. The van der Waals surface area contributed by atoms with Crippen LogP contribution in [0.1, 0.15) is 11.1 Å². The second kappa shape index (κ2) is 9.03. The number of urea groups is 1. The van der Waals surface area contributed by atoms with Crippen molar-refractivity contribution in [3.63, 3.8) is 0 Å². The molecule has 2 aromatic carbocycles. The van der Waals surface area contributed by atoms with Gasteiger partial charge in [0.25, 0.3) is 0 Å². The maximum absolute atomic E-state index is 14.0. The molecule has 0 aromatic heterocycles. The number of nitrogens with zero attached hydrogens (tertiary/aromatic N) is 1. The van der Waals surface area contributed by atoms with E-state index in [1.165, 1.54) is 6.07 Å². The number of hydrogen-bond donors (Lipinski definition) is 1. The normalized spacial score (nSPS) is 10.4. The Kier molecular flexibility index (Phi) is 6.77. The Morgan fingerprint density at radius 1 is 1.16 bits per heavy atom.